The first-order chi connectivity index (χ1) is 17.8. The second-order valence-electron chi connectivity index (χ2n) is 9.87. The third kappa shape index (κ3) is 5.71. The summed E-state index contributed by atoms with van der Waals surface area (Å²) in [5, 5.41) is 0. The summed E-state index contributed by atoms with van der Waals surface area (Å²) in [6.07, 6.45) is 1.58. The SMILES string of the molecule is COC(=O)CC1CCCC(c2ccc(-c3ccc(-c4nc5ccc(C(F)(F)F)cc5[nH]4)cc3)cc2)CC1. The quantitative estimate of drug-likeness (QED) is 0.220. The van der Waals surface area contributed by atoms with Gasteiger partial charge in [0.15, 0.2) is 0 Å². The predicted molar refractivity (Wildman–Crippen MR) is 138 cm³/mol. The van der Waals surface area contributed by atoms with Gasteiger partial charge in [-0.25, -0.2) is 4.98 Å². The molecule has 192 valence electrons. The van der Waals surface area contributed by atoms with E-state index in [0.717, 1.165) is 60.9 Å². The Morgan fingerprint density at radius 3 is 2.27 bits per heavy atom. The van der Waals surface area contributed by atoms with Gasteiger partial charge in [-0.3, -0.25) is 4.79 Å². The molecule has 37 heavy (non-hydrogen) atoms. The smallest absolute Gasteiger partial charge is 0.416 e. The van der Waals surface area contributed by atoms with E-state index in [-0.39, 0.29) is 5.97 Å². The van der Waals surface area contributed by atoms with Crippen molar-refractivity contribution in [2.45, 2.75) is 50.6 Å². The number of rotatable bonds is 5. The van der Waals surface area contributed by atoms with Gasteiger partial charge in [-0.2, -0.15) is 13.2 Å². The summed E-state index contributed by atoms with van der Waals surface area (Å²) in [6.45, 7) is 0. The van der Waals surface area contributed by atoms with Crippen LogP contribution in [-0.4, -0.2) is 23.0 Å². The summed E-state index contributed by atoms with van der Waals surface area (Å²) in [5.41, 5.74) is 4.47. The third-order valence-electron chi connectivity index (χ3n) is 7.45. The maximum atomic E-state index is 13.0. The number of H-pyrrole nitrogens is 1. The van der Waals surface area contributed by atoms with Crippen LogP contribution in [0.25, 0.3) is 33.5 Å². The molecule has 1 saturated carbocycles. The molecule has 5 rings (SSSR count). The van der Waals surface area contributed by atoms with Gasteiger partial charge in [-0.1, -0.05) is 55.0 Å². The molecule has 1 aliphatic rings. The number of hydrogen-bond acceptors (Lipinski definition) is 3. The van der Waals surface area contributed by atoms with Gasteiger partial charge in [-0.05, 0) is 72.4 Å². The van der Waals surface area contributed by atoms with Crippen molar-refractivity contribution < 1.29 is 22.7 Å². The molecular formula is C30H29F3N2O2. The third-order valence-corrected chi connectivity index (χ3v) is 7.45. The summed E-state index contributed by atoms with van der Waals surface area (Å²) in [5.74, 6) is 1.34. The number of imidazole rings is 1. The number of hydrogen-bond donors (Lipinski definition) is 1. The zero-order chi connectivity index (χ0) is 26.0. The minimum atomic E-state index is -4.39. The van der Waals surface area contributed by atoms with Crippen LogP contribution in [0.15, 0.2) is 66.7 Å². The number of carbonyl (C=O) groups is 1. The molecule has 1 N–H and O–H groups in total. The van der Waals surface area contributed by atoms with Crippen LogP contribution in [0.1, 0.15) is 55.6 Å². The van der Waals surface area contributed by atoms with Gasteiger partial charge in [0.2, 0.25) is 0 Å². The first-order valence-corrected chi connectivity index (χ1v) is 12.6. The lowest BCUT2D eigenvalue weighted by atomic mass is 9.89. The number of aromatic nitrogens is 2. The molecule has 2 atom stereocenters. The molecule has 0 radical (unpaired) electrons. The molecule has 1 fully saturated rings. The fraction of sp³-hybridized carbons (Fsp3) is 0.333. The Morgan fingerprint density at radius 1 is 0.919 bits per heavy atom. The van der Waals surface area contributed by atoms with Crippen molar-refractivity contribution in [1.82, 2.24) is 9.97 Å². The minimum Gasteiger partial charge on any atom is -0.469 e. The highest BCUT2D eigenvalue weighted by molar-refractivity contribution is 5.80. The molecular weight excluding hydrogens is 477 g/mol. The number of carbonyl (C=O) groups excluding carboxylic acids is 1. The molecule has 2 unspecified atom stereocenters. The van der Waals surface area contributed by atoms with Crippen molar-refractivity contribution in [2.75, 3.05) is 7.11 Å². The van der Waals surface area contributed by atoms with Crippen LogP contribution >= 0.6 is 0 Å². The Kier molecular flexibility index (Phi) is 7.04. The highest BCUT2D eigenvalue weighted by Crippen LogP contribution is 2.36. The topological polar surface area (TPSA) is 55.0 Å². The molecule has 3 aromatic carbocycles. The number of aromatic amines is 1. The van der Waals surface area contributed by atoms with Crippen LogP contribution in [0.2, 0.25) is 0 Å². The number of alkyl halides is 3. The van der Waals surface area contributed by atoms with Gasteiger partial charge >= 0.3 is 12.1 Å². The fourth-order valence-corrected chi connectivity index (χ4v) is 5.33. The van der Waals surface area contributed by atoms with E-state index in [4.69, 9.17) is 4.74 Å². The molecule has 0 spiro atoms. The van der Waals surface area contributed by atoms with Gasteiger partial charge in [0, 0.05) is 12.0 Å². The lowest BCUT2D eigenvalue weighted by Gasteiger charge is -2.16. The van der Waals surface area contributed by atoms with Gasteiger partial charge in [0.25, 0.3) is 0 Å². The van der Waals surface area contributed by atoms with Crippen LogP contribution in [0, 0.1) is 5.92 Å². The molecule has 1 heterocycles. The van der Waals surface area contributed by atoms with E-state index in [9.17, 15) is 18.0 Å². The van der Waals surface area contributed by atoms with E-state index in [0.29, 0.717) is 35.1 Å². The molecule has 7 heteroatoms. The largest absolute Gasteiger partial charge is 0.469 e. The van der Waals surface area contributed by atoms with Crippen LogP contribution in [-0.2, 0) is 15.7 Å². The summed E-state index contributed by atoms with van der Waals surface area (Å²) in [7, 11) is 1.45. The number of methoxy groups -OCH3 is 1. The Balaban J connectivity index is 1.27. The van der Waals surface area contributed by atoms with Crippen molar-refractivity contribution in [1.29, 1.82) is 0 Å². The summed E-state index contributed by atoms with van der Waals surface area (Å²) in [6, 6.07) is 20.1. The van der Waals surface area contributed by atoms with E-state index in [1.54, 1.807) is 0 Å². The average molecular weight is 507 g/mol. The zero-order valence-electron chi connectivity index (χ0n) is 20.6. The molecule has 1 aromatic heterocycles. The first-order valence-electron chi connectivity index (χ1n) is 12.6. The monoisotopic (exact) mass is 506 g/mol. The normalized spacial score (nSPS) is 18.5. The van der Waals surface area contributed by atoms with Crippen LogP contribution in [0.5, 0.6) is 0 Å². The van der Waals surface area contributed by atoms with Crippen molar-refractivity contribution >= 4 is 17.0 Å². The van der Waals surface area contributed by atoms with Crippen LogP contribution < -0.4 is 0 Å². The Hall–Kier alpha value is -3.61. The summed E-state index contributed by atoms with van der Waals surface area (Å²) < 4.78 is 43.9. The number of ether oxygens (including phenoxy) is 1. The maximum absolute atomic E-state index is 13.0. The van der Waals surface area contributed by atoms with Crippen molar-refractivity contribution in [2.24, 2.45) is 5.92 Å². The maximum Gasteiger partial charge on any atom is 0.416 e. The average Bonchev–Trinajstić information content (AvgIpc) is 3.20. The fourth-order valence-electron chi connectivity index (χ4n) is 5.33. The predicted octanol–water partition coefficient (Wildman–Crippen LogP) is 8.14. The van der Waals surface area contributed by atoms with Crippen molar-refractivity contribution in [3.05, 3.63) is 77.9 Å². The summed E-state index contributed by atoms with van der Waals surface area (Å²) >= 11 is 0. The second kappa shape index (κ2) is 10.4. The first kappa shape index (κ1) is 25.1. The highest BCUT2D eigenvalue weighted by atomic mass is 19.4. The molecule has 4 nitrogen and oxygen atoms in total. The molecule has 0 bridgehead atoms. The van der Waals surface area contributed by atoms with Gasteiger partial charge < -0.3 is 9.72 Å². The lowest BCUT2D eigenvalue weighted by molar-refractivity contribution is -0.142. The molecule has 1 aliphatic carbocycles. The van der Waals surface area contributed by atoms with Crippen molar-refractivity contribution in [3.63, 3.8) is 0 Å². The minimum absolute atomic E-state index is 0.116. The van der Waals surface area contributed by atoms with E-state index < -0.39 is 11.7 Å². The Labute approximate surface area is 213 Å². The molecule has 4 aromatic rings. The lowest BCUT2D eigenvalue weighted by Crippen LogP contribution is -2.09. The number of fused-ring (bicyclic) bond motifs is 1. The van der Waals surface area contributed by atoms with Gasteiger partial charge in [-0.15, -0.1) is 0 Å². The Bertz CT molecular complexity index is 1370. The number of halogens is 3. The molecule has 0 saturated heterocycles. The highest BCUT2D eigenvalue weighted by Gasteiger charge is 2.30. The second-order valence-corrected chi connectivity index (χ2v) is 9.87. The number of esters is 1. The van der Waals surface area contributed by atoms with Gasteiger partial charge in [0.05, 0.1) is 23.7 Å². The van der Waals surface area contributed by atoms with Gasteiger partial charge in [0.1, 0.15) is 5.82 Å². The van der Waals surface area contributed by atoms with E-state index >= 15 is 0 Å². The van der Waals surface area contributed by atoms with E-state index in [2.05, 4.69) is 34.2 Å². The summed E-state index contributed by atoms with van der Waals surface area (Å²) in [4.78, 5) is 19.1. The van der Waals surface area contributed by atoms with Crippen LogP contribution in [0.4, 0.5) is 13.2 Å². The Morgan fingerprint density at radius 2 is 1.59 bits per heavy atom. The van der Waals surface area contributed by atoms with E-state index in [1.165, 1.54) is 18.7 Å². The number of nitrogens with zero attached hydrogens (tertiary/aromatic N) is 1. The molecule has 0 amide bonds. The van der Waals surface area contributed by atoms with Crippen molar-refractivity contribution in [3.8, 4) is 22.5 Å². The number of benzene rings is 3. The zero-order valence-corrected chi connectivity index (χ0v) is 20.6. The van der Waals surface area contributed by atoms with Crippen LogP contribution in [0.3, 0.4) is 0 Å². The van der Waals surface area contributed by atoms with E-state index in [1.807, 2.05) is 24.3 Å². The molecule has 0 aliphatic heterocycles. The standard InChI is InChI=1S/C30H29F3N2O2/c1-37-28(36)17-19-3-2-4-20(6-5-19)21-7-9-22(10-8-21)23-11-13-24(14-12-23)29-34-26-16-15-25(30(31,32)33)18-27(26)35-29/h7-16,18-20H,2-6,17H2,1H3,(H,34,35). The number of nitrogens with one attached hydrogen (secondary N) is 1.